The van der Waals surface area contributed by atoms with Crippen molar-refractivity contribution >= 4 is 15.9 Å². The van der Waals surface area contributed by atoms with E-state index in [9.17, 15) is 22.0 Å². The molecule has 0 atom stereocenters. The van der Waals surface area contributed by atoms with Crippen LogP contribution in [0.3, 0.4) is 0 Å². The smallest absolute Gasteiger partial charge is 0.387 e. The van der Waals surface area contributed by atoms with Crippen molar-refractivity contribution in [1.29, 1.82) is 0 Å². The fourth-order valence-electron chi connectivity index (χ4n) is 2.65. The predicted molar refractivity (Wildman–Crippen MR) is 107 cm³/mol. The van der Waals surface area contributed by atoms with Gasteiger partial charge in [-0.2, -0.15) is 8.78 Å². The first-order valence-electron chi connectivity index (χ1n) is 8.96. The lowest BCUT2D eigenvalue weighted by Crippen LogP contribution is -2.41. The minimum absolute atomic E-state index is 0.0275. The summed E-state index contributed by atoms with van der Waals surface area (Å²) in [5, 5.41) is 2.63. The monoisotopic (exact) mass is 442 g/mol. The molecule has 2 N–H and O–H groups in total. The summed E-state index contributed by atoms with van der Waals surface area (Å²) in [4.78, 5) is 12.5. The van der Waals surface area contributed by atoms with Crippen molar-refractivity contribution in [2.45, 2.75) is 44.4 Å². The summed E-state index contributed by atoms with van der Waals surface area (Å²) in [5.41, 5.74) is -0.137. The van der Waals surface area contributed by atoms with E-state index in [0.717, 1.165) is 0 Å². The number of sulfonamides is 1. The van der Waals surface area contributed by atoms with E-state index in [4.69, 9.17) is 4.74 Å². The van der Waals surface area contributed by atoms with E-state index in [2.05, 4.69) is 14.8 Å². The molecule has 30 heavy (non-hydrogen) atoms. The lowest BCUT2D eigenvalue weighted by molar-refractivity contribution is -0.0512. The number of hydrogen-bond acceptors (Lipinski definition) is 5. The Morgan fingerprint density at radius 2 is 1.77 bits per heavy atom. The lowest BCUT2D eigenvalue weighted by atomic mass is 10.1. The molecule has 0 aromatic heterocycles. The maximum atomic E-state index is 12.7. The van der Waals surface area contributed by atoms with Gasteiger partial charge in [0, 0.05) is 17.6 Å². The van der Waals surface area contributed by atoms with Gasteiger partial charge >= 0.3 is 6.61 Å². The SMILES string of the molecule is COc1cc(C(=O)NCc2ccccc2S(=O)(=O)NC(C)(C)C)ccc1OC(F)F. The van der Waals surface area contributed by atoms with Gasteiger partial charge in [0.25, 0.3) is 5.91 Å². The molecule has 0 spiro atoms. The van der Waals surface area contributed by atoms with Gasteiger partial charge in [-0.05, 0) is 50.6 Å². The van der Waals surface area contributed by atoms with Gasteiger partial charge < -0.3 is 14.8 Å². The third kappa shape index (κ3) is 6.39. The van der Waals surface area contributed by atoms with E-state index >= 15 is 0 Å². The van der Waals surface area contributed by atoms with Gasteiger partial charge in [0.15, 0.2) is 11.5 Å². The summed E-state index contributed by atoms with van der Waals surface area (Å²) in [6, 6.07) is 10.1. The van der Waals surface area contributed by atoms with E-state index in [-0.39, 0.29) is 28.5 Å². The van der Waals surface area contributed by atoms with Gasteiger partial charge in [-0.15, -0.1) is 0 Å². The summed E-state index contributed by atoms with van der Waals surface area (Å²) in [7, 11) is -2.54. The molecule has 0 aliphatic heterocycles. The van der Waals surface area contributed by atoms with Gasteiger partial charge in [-0.1, -0.05) is 18.2 Å². The number of alkyl halides is 2. The summed E-state index contributed by atoms with van der Waals surface area (Å²) in [6.45, 7) is 2.09. The number of nitrogens with one attached hydrogen (secondary N) is 2. The zero-order chi connectivity index (χ0) is 22.5. The second-order valence-corrected chi connectivity index (χ2v) is 9.04. The van der Waals surface area contributed by atoms with E-state index in [0.29, 0.717) is 5.56 Å². The van der Waals surface area contributed by atoms with Crippen LogP contribution < -0.4 is 19.5 Å². The Morgan fingerprint density at radius 1 is 1.10 bits per heavy atom. The van der Waals surface area contributed by atoms with E-state index in [1.807, 2.05) is 0 Å². The normalized spacial score (nSPS) is 12.0. The molecule has 1 amide bonds. The van der Waals surface area contributed by atoms with Gasteiger partial charge in [0.2, 0.25) is 10.0 Å². The summed E-state index contributed by atoms with van der Waals surface area (Å²) in [5.74, 6) is -0.762. The molecule has 0 heterocycles. The molecule has 2 rings (SSSR count). The molecule has 10 heteroatoms. The van der Waals surface area contributed by atoms with Crippen LogP contribution in [-0.4, -0.2) is 33.6 Å². The largest absolute Gasteiger partial charge is 0.493 e. The quantitative estimate of drug-likeness (QED) is 0.654. The molecule has 0 saturated heterocycles. The van der Waals surface area contributed by atoms with Crippen molar-refractivity contribution in [2.75, 3.05) is 7.11 Å². The third-order valence-electron chi connectivity index (χ3n) is 3.78. The zero-order valence-corrected chi connectivity index (χ0v) is 17.8. The number of methoxy groups -OCH3 is 1. The maximum absolute atomic E-state index is 12.7. The lowest BCUT2D eigenvalue weighted by Gasteiger charge is -2.21. The Bertz CT molecular complexity index is 1000. The first-order valence-corrected chi connectivity index (χ1v) is 10.4. The topological polar surface area (TPSA) is 93.7 Å². The number of rotatable bonds is 8. The number of carbonyl (C=O) groups is 1. The van der Waals surface area contributed by atoms with Crippen LogP contribution in [-0.2, 0) is 16.6 Å². The highest BCUT2D eigenvalue weighted by Crippen LogP contribution is 2.29. The molecule has 2 aromatic rings. The standard InChI is InChI=1S/C20H24F2N2O5S/c1-20(2,3)24-30(26,27)17-8-6-5-7-14(17)12-23-18(25)13-9-10-15(29-19(21)22)16(11-13)28-4/h5-11,19,24H,12H2,1-4H3,(H,23,25). The number of halogens is 2. The highest BCUT2D eigenvalue weighted by atomic mass is 32.2. The molecular weight excluding hydrogens is 418 g/mol. The van der Waals surface area contributed by atoms with E-state index < -0.39 is 28.1 Å². The molecular formula is C20H24F2N2O5S. The van der Waals surface area contributed by atoms with Crippen LogP contribution in [0.15, 0.2) is 47.4 Å². The third-order valence-corrected chi connectivity index (χ3v) is 5.64. The van der Waals surface area contributed by atoms with Crippen molar-refractivity contribution in [2.24, 2.45) is 0 Å². The fraction of sp³-hybridized carbons (Fsp3) is 0.350. The van der Waals surface area contributed by atoms with Gasteiger partial charge in [-0.25, -0.2) is 13.1 Å². The Morgan fingerprint density at radius 3 is 2.37 bits per heavy atom. The first kappa shape index (κ1) is 23.6. The highest BCUT2D eigenvalue weighted by Gasteiger charge is 2.24. The van der Waals surface area contributed by atoms with Crippen molar-refractivity contribution in [3.63, 3.8) is 0 Å². The Kier molecular flexibility index (Phi) is 7.38. The molecule has 0 saturated carbocycles. The Hall–Kier alpha value is -2.72. The van der Waals surface area contributed by atoms with E-state index in [1.165, 1.54) is 31.4 Å². The summed E-state index contributed by atoms with van der Waals surface area (Å²) in [6.07, 6.45) is 0. The molecule has 0 radical (unpaired) electrons. The molecule has 164 valence electrons. The van der Waals surface area contributed by atoms with Gasteiger partial charge in [0.1, 0.15) is 0 Å². The van der Waals surface area contributed by atoms with Crippen LogP contribution in [0.2, 0.25) is 0 Å². The molecule has 0 aliphatic carbocycles. The van der Waals surface area contributed by atoms with Crippen LogP contribution in [0, 0.1) is 0 Å². The van der Waals surface area contributed by atoms with E-state index in [1.54, 1.807) is 39.0 Å². The molecule has 7 nitrogen and oxygen atoms in total. The van der Waals surface area contributed by atoms with Gasteiger partial charge in [-0.3, -0.25) is 4.79 Å². The van der Waals surface area contributed by atoms with Crippen molar-refractivity contribution in [1.82, 2.24) is 10.0 Å². The fourth-order valence-corrected chi connectivity index (χ4v) is 4.31. The van der Waals surface area contributed by atoms with Crippen LogP contribution in [0.25, 0.3) is 0 Å². The van der Waals surface area contributed by atoms with Crippen LogP contribution in [0.1, 0.15) is 36.7 Å². The average molecular weight is 442 g/mol. The minimum Gasteiger partial charge on any atom is -0.493 e. The Labute approximate surface area is 174 Å². The van der Waals surface area contributed by atoms with Crippen LogP contribution in [0.4, 0.5) is 8.78 Å². The zero-order valence-electron chi connectivity index (χ0n) is 17.0. The van der Waals surface area contributed by atoms with Crippen molar-refractivity contribution < 1.29 is 31.5 Å². The number of amides is 1. The number of benzene rings is 2. The van der Waals surface area contributed by atoms with Crippen molar-refractivity contribution in [3.8, 4) is 11.5 Å². The number of carbonyl (C=O) groups excluding carboxylic acids is 1. The highest BCUT2D eigenvalue weighted by molar-refractivity contribution is 7.89. The molecule has 0 unspecified atom stereocenters. The summed E-state index contributed by atoms with van der Waals surface area (Å²) >= 11 is 0. The second kappa shape index (κ2) is 9.40. The maximum Gasteiger partial charge on any atom is 0.387 e. The first-order chi connectivity index (χ1) is 13.9. The van der Waals surface area contributed by atoms with Crippen LogP contribution in [0.5, 0.6) is 11.5 Å². The number of ether oxygens (including phenoxy) is 2. The molecule has 0 aliphatic rings. The van der Waals surface area contributed by atoms with Crippen molar-refractivity contribution in [3.05, 3.63) is 53.6 Å². The predicted octanol–water partition coefficient (Wildman–Crippen LogP) is 3.30. The Balaban J connectivity index is 2.20. The minimum atomic E-state index is -3.80. The molecule has 0 bridgehead atoms. The van der Waals surface area contributed by atoms with Gasteiger partial charge in [0.05, 0.1) is 12.0 Å². The molecule has 2 aromatic carbocycles. The molecule has 0 fully saturated rings. The second-order valence-electron chi connectivity index (χ2n) is 7.39. The average Bonchev–Trinajstić information content (AvgIpc) is 2.64. The number of hydrogen-bond donors (Lipinski definition) is 2. The van der Waals surface area contributed by atoms with Crippen LogP contribution >= 0.6 is 0 Å². The summed E-state index contributed by atoms with van der Waals surface area (Å²) < 4.78 is 62.1.